The smallest absolute Gasteiger partial charge is 0.348 e. The largest absolute Gasteiger partial charge is 0.579 e. The summed E-state index contributed by atoms with van der Waals surface area (Å²) in [5, 5.41) is 0. The Morgan fingerprint density at radius 1 is 0.682 bits per heavy atom. The topological polar surface area (TPSA) is 95.9 Å². The predicted octanol–water partition coefficient (Wildman–Crippen LogP) is 0.482. The molecule has 0 radical (unpaired) electrons. The van der Waals surface area contributed by atoms with Crippen LogP contribution in [0.2, 0.25) is 0 Å². The van der Waals surface area contributed by atoms with E-state index in [0.717, 1.165) is 9.46 Å². The fraction of sp³-hybridized carbons (Fsp3) is 0. The highest BCUT2D eigenvalue weighted by atomic mass is 31.1. The lowest BCUT2D eigenvalue weighted by atomic mass is 10.5. The lowest BCUT2D eigenvalue weighted by molar-refractivity contribution is -0.870. The molecule has 0 saturated carbocycles. The maximum atomic E-state index is 11.4. The van der Waals surface area contributed by atoms with Crippen molar-refractivity contribution in [1.29, 1.82) is 0 Å². The first kappa shape index (κ1) is 15.5. The molecule has 0 bridgehead atoms. The Labute approximate surface area is 125 Å². The van der Waals surface area contributed by atoms with Gasteiger partial charge in [0.1, 0.15) is 0 Å². The summed E-state index contributed by atoms with van der Waals surface area (Å²) in [5.74, 6) is 0. The normalized spacial score (nSPS) is 9.86. The quantitative estimate of drug-likeness (QED) is 0.595. The highest BCUT2D eigenvalue weighted by molar-refractivity contribution is 7.34. The number of carbonyl (C=O) groups excluding carboxylic acids is 2. The summed E-state index contributed by atoms with van der Waals surface area (Å²) in [7, 11) is -3.45. The molecule has 114 valence electrons. The fourth-order valence-corrected chi connectivity index (χ4v) is 1.64. The number of rotatable bonds is 4. The Hall–Kier alpha value is -2.93. The third-order valence-electron chi connectivity index (χ3n) is 2.07. The number of aromatic nitrogens is 2. The summed E-state index contributed by atoms with van der Waals surface area (Å²) >= 11 is 0. The molecule has 2 rings (SSSR count). The average molecular weight is 326 g/mol. The van der Waals surface area contributed by atoms with E-state index >= 15 is 0 Å². The van der Waals surface area contributed by atoms with Crippen LogP contribution in [0.1, 0.15) is 0 Å². The van der Waals surface area contributed by atoms with Crippen molar-refractivity contribution in [3.8, 4) is 0 Å². The maximum Gasteiger partial charge on any atom is 0.579 e. The van der Waals surface area contributed by atoms with Crippen LogP contribution in [0, 0.1) is 0 Å². The molecule has 22 heavy (non-hydrogen) atoms. The summed E-state index contributed by atoms with van der Waals surface area (Å²) in [6, 6.07) is 9.80. The first-order valence-corrected chi connectivity index (χ1v) is 7.13. The van der Waals surface area contributed by atoms with Crippen molar-refractivity contribution in [2.75, 3.05) is 0 Å². The summed E-state index contributed by atoms with van der Waals surface area (Å²) < 4.78 is 22.0. The van der Waals surface area contributed by atoms with Crippen molar-refractivity contribution in [1.82, 2.24) is 0 Å². The minimum atomic E-state index is -3.45. The van der Waals surface area contributed by atoms with E-state index in [1.807, 2.05) is 0 Å². The van der Waals surface area contributed by atoms with Crippen LogP contribution in [0.3, 0.4) is 0 Å². The summed E-state index contributed by atoms with van der Waals surface area (Å²) in [5.41, 5.74) is 0. The van der Waals surface area contributed by atoms with Gasteiger partial charge < -0.3 is 9.05 Å². The zero-order valence-electron chi connectivity index (χ0n) is 11.0. The Morgan fingerprint density at radius 2 is 1.05 bits per heavy atom. The first-order valence-electron chi connectivity index (χ1n) is 5.90. The van der Waals surface area contributed by atoms with Crippen molar-refractivity contribution in [2.24, 2.45) is 0 Å². The summed E-state index contributed by atoms with van der Waals surface area (Å²) in [4.78, 5) is 31.8. The molecule has 0 atom stereocenters. The Morgan fingerprint density at radius 3 is 1.41 bits per heavy atom. The molecule has 0 aliphatic heterocycles. The van der Waals surface area contributed by atoms with Gasteiger partial charge in [0.2, 0.25) is 24.8 Å². The lowest BCUT2D eigenvalue weighted by Gasteiger charge is -2.01. The number of hydrogen-bond donors (Lipinski definition) is 0. The van der Waals surface area contributed by atoms with Gasteiger partial charge in [-0.2, -0.15) is 9.59 Å². The molecule has 9 nitrogen and oxygen atoms in total. The van der Waals surface area contributed by atoms with Gasteiger partial charge in [-0.1, -0.05) is 12.1 Å². The van der Waals surface area contributed by atoms with E-state index in [4.69, 9.17) is 0 Å². The van der Waals surface area contributed by atoms with Gasteiger partial charge >= 0.3 is 20.6 Å². The zero-order chi connectivity index (χ0) is 15.8. The first-order chi connectivity index (χ1) is 10.6. The Bertz CT molecular complexity index is 608. The number of hydrogen-bond acceptors (Lipinski definition) is 7. The van der Waals surface area contributed by atoms with E-state index in [0.29, 0.717) is 0 Å². The van der Waals surface area contributed by atoms with Crippen LogP contribution >= 0.6 is 8.25 Å². The van der Waals surface area contributed by atoms with Gasteiger partial charge in [0, 0.05) is 33.7 Å². The van der Waals surface area contributed by atoms with Crippen molar-refractivity contribution in [3.63, 3.8) is 0 Å². The molecule has 0 unspecified atom stereocenters. The van der Waals surface area contributed by atoms with E-state index in [9.17, 15) is 14.2 Å². The van der Waals surface area contributed by atoms with Crippen LogP contribution in [0.4, 0.5) is 9.59 Å². The molecule has 0 aromatic carbocycles. The van der Waals surface area contributed by atoms with Crippen molar-refractivity contribution >= 4 is 20.6 Å². The molecule has 2 heterocycles. The molecule has 0 saturated heterocycles. The average Bonchev–Trinajstić information content (AvgIpc) is 2.48. The number of carbonyl (C=O) groups is 2. The molecule has 2 aromatic rings. The van der Waals surface area contributed by atoms with E-state index in [1.165, 1.54) is 24.8 Å². The second kappa shape index (κ2) is 7.75. The highest BCUT2D eigenvalue weighted by Gasteiger charge is 2.21. The van der Waals surface area contributed by atoms with Crippen molar-refractivity contribution in [2.45, 2.75) is 0 Å². The summed E-state index contributed by atoms with van der Waals surface area (Å²) in [6.07, 6.45) is 3.08. The van der Waals surface area contributed by atoms with Crippen LogP contribution in [-0.2, 0) is 13.6 Å². The standard InChI is InChI=1S/C12H11N2O7P/c15-11(18-13-7-3-1-4-8-13)20-22(17)21-12(16)19-14-9-5-2-6-10-14/h1-10,22H/q+2. The molecule has 0 fully saturated rings. The second-order valence-electron chi connectivity index (χ2n) is 3.61. The second-order valence-corrected chi connectivity index (χ2v) is 4.52. The van der Waals surface area contributed by atoms with Gasteiger partial charge in [-0.3, -0.25) is 0 Å². The molecular formula is C12H11N2O7P+2. The fourth-order valence-electron chi connectivity index (χ4n) is 1.25. The highest BCUT2D eigenvalue weighted by Crippen LogP contribution is 2.23. The molecular weight excluding hydrogens is 315 g/mol. The van der Waals surface area contributed by atoms with Crippen LogP contribution in [-0.4, -0.2) is 12.3 Å². The van der Waals surface area contributed by atoms with Gasteiger partial charge in [0.15, 0.2) is 0 Å². The van der Waals surface area contributed by atoms with Crippen LogP contribution in [0.15, 0.2) is 61.2 Å². The minimum absolute atomic E-state index is 1.02. The van der Waals surface area contributed by atoms with Crippen molar-refractivity contribution in [3.05, 3.63) is 61.2 Å². The zero-order valence-corrected chi connectivity index (χ0v) is 12.0. The molecule has 2 aromatic heterocycles. The molecule has 10 heteroatoms. The third-order valence-corrected chi connectivity index (χ3v) is 2.74. The van der Waals surface area contributed by atoms with Gasteiger partial charge in [-0.05, 0) is 0 Å². The SMILES string of the molecule is O=C(O[n+]1ccccc1)O[PH](=O)OC(=O)O[n+]1ccccc1. The van der Waals surface area contributed by atoms with Crippen LogP contribution in [0.25, 0.3) is 0 Å². The van der Waals surface area contributed by atoms with Gasteiger partial charge in [0.05, 0.1) is 0 Å². The van der Waals surface area contributed by atoms with Gasteiger partial charge in [0.25, 0.3) is 0 Å². The number of pyridine rings is 2. The van der Waals surface area contributed by atoms with Gasteiger partial charge in [-0.25, -0.2) is 4.57 Å². The van der Waals surface area contributed by atoms with Crippen LogP contribution < -0.4 is 19.1 Å². The molecule has 0 amide bonds. The summed E-state index contributed by atoms with van der Waals surface area (Å²) in [6.45, 7) is 0. The van der Waals surface area contributed by atoms with Crippen molar-refractivity contribution < 1.29 is 42.3 Å². The van der Waals surface area contributed by atoms with E-state index in [2.05, 4.69) is 18.7 Å². The minimum Gasteiger partial charge on any atom is -0.348 e. The lowest BCUT2D eigenvalue weighted by Crippen LogP contribution is -2.45. The molecule has 0 N–H and O–H groups in total. The number of nitrogens with zero attached hydrogens (tertiary/aromatic N) is 2. The van der Waals surface area contributed by atoms with E-state index in [-0.39, 0.29) is 0 Å². The molecule has 0 aliphatic rings. The molecule has 0 aliphatic carbocycles. The maximum absolute atomic E-state index is 11.4. The van der Waals surface area contributed by atoms with Crippen LogP contribution in [0.5, 0.6) is 0 Å². The van der Waals surface area contributed by atoms with E-state index < -0.39 is 20.6 Å². The third kappa shape index (κ3) is 5.22. The molecule has 0 spiro atoms. The monoisotopic (exact) mass is 326 g/mol. The predicted molar refractivity (Wildman–Crippen MR) is 68.4 cm³/mol. The Kier molecular flexibility index (Phi) is 5.44. The van der Waals surface area contributed by atoms with E-state index in [1.54, 1.807) is 36.4 Å². The van der Waals surface area contributed by atoms with Gasteiger partial charge in [-0.15, -0.1) is 9.68 Å². The Balaban J connectivity index is 1.77.